The van der Waals surface area contributed by atoms with Gasteiger partial charge in [0, 0.05) is 54.9 Å². The number of nitrogens with zero attached hydrogens (tertiary/aromatic N) is 3. The Morgan fingerprint density at radius 2 is 1.75 bits per heavy atom. The molecule has 0 bridgehead atoms. The zero-order valence-corrected chi connectivity index (χ0v) is 34.0. The molecule has 0 radical (unpaired) electrons. The molecule has 304 valence electrons. The number of carbonyl (C=O) groups is 4. The van der Waals surface area contributed by atoms with Gasteiger partial charge in [-0.05, 0) is 56.1 Å². The number of carbonyl (C=O) groups excluding carboxylic acids is 4. The third kappa shape index (κ3) is 8.51. The molecule has 2 aliphatic heterocycles. The van der Waals surface area contributed by atoms with Gasteiger partial charge in [-0.15, -0.1) is 6.58 Å². The van der Waals surface area contributed by atoms with Crippen LogP contribution in [-0.4, -0.2) is 96.5 Å². The van der Waals surface area contributed by atoms with Gasteiger partial charge in [0.15, 0.2) is 0 Å². The van der Waals surface area contributed by atoms with Crippen LogP contribution in [-0.2, 0) is 29.2 Å². The highest BCUT2D eigenvalue weighted by molar-refractivity contribution is 7.91. The summed E-state index contributed by atoms with van der Waals surface area (Å²) >= 11 is 0. The molecule has 2 aliphatic carbocycles. The number of amides is 4. The van der Waals surface area contributed by atoms with Crippen molar-refractivity contribution in [2.24, 2.45) is 17.3 Å². The van der Waals surface area contributed by atoms with E-state index < -0.39 is 62.0 Å². The molecular weight excluding hydrogens is 747 g/mol. The molecule has 4 amide bonds. The topological polar surface area (TPSA) is 164 Å². The number of sulfonamides is 1. The molecule has 2 N–H and O–H groups in total. The third-order valence-electron chi connectivity index (χ3n) is 11.9. The molecule has 4 fully saturated rings. The monoisotopic (exact) mass is 799 g/mol. The van der Waals surface area contributed by atoms with Crippen molar-refractivity contribution < 1.29 is 37.1 Å². The maximum Gasteiger partial charge on any atom is 0.259 e. The Morgan fingerprint density at radius 1 is 1.04 bits per heavy atom. The molecule has 4 aliphatic rings. The number of nitrogens with one attached hydrogen (secondary N) is 2. The summed E-state index contributed by atoms with van der Waals surface area (Å²) in [7, 11) is -2.31. The van der Waals surface area contributed by atoms with Crippen molar-refractivity contribution in [1.82, 2.24) is 24.8 Å². The van der Waals surface area contributed by atoms with Gasteiger partial charge in [-0.1, -0.05) is 57.2 Å². The first-order chi connectivity index (χ1) is 27.1. The van der Waals surface area contributed by atoms with E-state index in [9.17, 15) is 27.6 Å². The highest BCUT2D eigenvalue weighted by Gasteiger charge is 2.62. The van der Waals surface area contributed by atoms with Crippen LogP contribution in [0.3, 0.4) is 0 Å². The molecule has 2 aromatic carbocycles. The first-order valence-electron chi connectivity index (χ1n) is 19.9. The van der Waals surface area contributed by atoms with Crippen LogP contribution in [0.4, 0.5) is 0 Å². The Hall–Kier alpha value is -4.98. The zero-order chi connectivity index (χ0) is 40.7. The maximum absolute atomic E-state index is 14.9. The van der Waals surface area contributed by atoms with Gasteiger partial charge >= 0.3 is 0 Å². The number of benzene rings is 2. The number of methoxy groups -OCH3 is 1. The smallest absolute Gasteiger partial charge is 0.259 e. The maximum atomic E-state index is 14.9. The van der Waals surface area contributed by atoms with Gasteiger partial charge < -0.3 is 24.6 Å². The van der Waals surface area contributed by atoms with E-state index in [0.717, 1.165) is 24.8 Å². The van der Waals surface area contributed by atoms with E-state index in [1.165, 1.54) is 11.0 Å². The van der Waals surface area contributed by atoms with Crippen LogP contribution >= 0.6 is 0 Å². The summed E-state index contributed by atoms with van der Waals surface area (Å²) in [5.74, 6) is -2.03. The van der Waals surface area contributed by atoms with Crippen LogP contribution in [0, 0.1) is 17.3 Å². The average molecular weight is 800 g/mol. The van der Waals surface area contributed by atoms with Gasteiger partial charge in [0.25, 0.3) is 5.91 Å². The SMILES string of the molecule is C=CC1C[C@]1(NC(=O)C1CC(Oc2cc(-c3ccccc3)nc3cc(OC)ccc23)CN1C(=O)C(CC(=O)N1CCCCC1)C(C)(C)C)C(=O)NS(=O)(=O)C1CC1. The Labute approximate surface area is 334 Å². The van der Waals surface area contributed by atoms with Crippen molar-refractivity contribution in [3.63, 3.8) is 0 Å². The van der Waals surface area contributed by atoms with Gasteiger partial charge in [0.05, 0.1) is 36.0 Å². The summed E-state index contributed by atoms with van der Waals surface area (Å²) < 4.78 is 40.1. The molecule has 2 saturated heterocycles. The number of hydrogen-bond donors (Lipinski definition) is 2. The summed E-state index contributed by atoms with van der Waals surface area (Å²) in [4.78, 5) is 64.9. The van der Waals surface area contributed by atoms with Gasteiger partial charge in [0.2, 0.25) is 27.7 Å². The fraction of sp³-hybridized carbons (Fsp3) is 0.512. The van der Waals surface area contributed by atoms with Crippen LogP contribution in [0.2, 0.25) is 0 Å². The van der Waals surface area contributed by atoms with Gasteiger partial charge in [-0.2, -0.15) is 0 Å². The molecule has 57 heavy (non-hydrogen) atoms. The largest absolute Gasteiger partial charge is 0.497 e. The van der Waals surface area contributed by atoms with E-state index in [-0.39, 0.29) is 37.6 Å². The lowest BCUT2D eigenvalue weighted by atomic mass is 9.77. The predicted octanol–water partition coefficient (Wildman–Crippen LogP) is 4.99. The van der Waals surface area contributed by atoms with Gasteiger partial charge in [-0.3, -0.25) is 23.9 Å². The average Bonchev–Trinajstić information content (AvgIpc) is 4.13. The van der Waals surface area contributed by atoms with Crippen molar-refractivity contribution in [3.05, 3.63) is 67.3 Å². The Kier molecular flexibility index (Phi) is 11.1. The lowest BCUT2D eigenvalue weighted by Crippen LogP contribution is -2.57. The molecule has 0 spiro atoms. The standard InChI is InChI=1S/C43H53N5O8S/c1-6-28-25-43(28,41(52)46-57(53,54)31-16-17-31)45-39(50)36-22-30(26-48(36)40(51)33(42(2,3)4)23-38(49)47-19-11-8-12-20-47)56-37-24-34(27-13-9-7-10-14-27)44-35-21-29(55-5)15-18-32(35)37/h6-7,9-10,13-15,18,21,24,28,30-31,33,36H,1,8,11-12,16-17,19-20,22-23,25-26H2,2-5H3,(H,45,50)(H,46,52)/t28?,30?,33?,36?,43-/m1/s1. The first kappa shape index (κ1) is 40.2. The molecule has 14 heteroatoms. The summed E-state index contributed by atoms with van der Waals surface area (Å²) in [5.41, 5.74) is -0.0157. The highest BCUT2D eigenvalue weighted by atomic mass is 32.2. The lowest BCUT2D eigenvalue weighted by molar-refractivity contribution is -0.148. The Bertz CT molecular complexity index is 2160. The minimum Gasteiger partial charge on any atom is -0.497 e. The molecule has 1 aromatic heterocycles. The number of piperidine rings is 1. The minimum absolute atomic E-state index is 0.0140. The van der Waals surface area contributed by atoms with Crippen LogP contribution in [0.15, 0.2) is 67.3 Å². The van der Waals surface area contributed by atoms with E-state index >= 15 is 0 Å². The van der Waals surface area contributed by atoms with Crippen molar-refractivity contribution in [2.45, 2.75) is 95.1 Å². The second-order valence-corrected chi connectivity index (χ2v) is 18.9. The summed E-state index contributed by atoms with van der Waals surface area (Å²) in [6, 6.07) is 15.9. The molecule has 2 saturated carbocycles. The molecule has 13 nitrogen and oxygen atoms in total. The molecule has 3 aromatic rings. The van der Waals surface area contributed by atoms with Crippen molar-refractivity contribution in [1.29, 1.82) is 0 Å². The van der Waals surface area contributed by atoms with E-state index in [2.05, 4.69) is 16.6 Å². The molecule has 5 atom stereocenters. The number of aromatic nitrogens is 1. The Morgan fingerprint density at radius 3 is 2.39 bits per heavy atom. The number of fused-ring (bicyclic) bond motifs is 1. The van der Waals surface area contributed by atoms with Gasteiger partial charge in [0.1, 0.15) is 29.2 Å². The normalized spacial score (nSPS) is 24.0. The van der Waals surface area contributed by atoms with Crippen molar-refractivity contribution in [3.8, 4) is 22.8 Å². The second-order valence-electron chi connectivity index (χ2n) is 17.0. The summed E-state index contributed by atoms with van der Waals surface area (Å²) in [5, 5.41) is 2.94. The Balaban J connectivity index is 1.21. The fourth-order valence-electron chi connectivity index (χ4n) is 8.14. The molecule has 4 unspecified atom stereocenters. The minimum atomic E-state index is -3.90. The zero-order valence-electron chi connectivity index (χ0n) is 33.2. The van der Waals surface area contributed by atoms with Crippen LogP contribution in [0.1, 0.15) is 72.1 Å². The highest BCUT2D eigenvalue weighted by Crippen LogP contribution is 2.46. The third-order valence-corrected chi connectivity index (χ3v) is 13.7. The van der Waals surface area contributed by atoms with E-state index in [1.54, 1.807) is 7.11 Å². The number of rotatable bonds is 13. The van der Waals surface area contributed by atoms with Gasteiger partial charge in [-0.25, -0.2) is 13.4 Å². The predicted molar refractivity (Wildman–Crippen MR) is 216 cm³/mol. The van der Waals surface area contributed by atoms with E-state index in [1.807, 2.05) is 80.3 Å². The number of ether oxygens (including phenoxy) is 2. The first-order valence-corrected chi connectivity index (χ1v) is 21.5. The van der Waals surface area contributed by atoms with Crippen LogP contribution < -0.4 is 19.5 Å². The molecule has 7 rings (SSSR count). The van der Waals surface area contributed by atoms with E-state index in [0.29, 0.717) is 54.0 Å². The number of likely N-dealkylation sites (tertiary alicyclic amines) is 2. The summed E-state index contributed by atoms with van der Waals surface area (Å²) in [6.45, 7) is 10.9. The van der Waals surface area contributed by atoms with Crippen molar-refractivity contribution >= 4 is 44.6 Å². The van der Waals surface area contributed by atoms with Crippen LogP contribution in [0.5, 0.6) is 11.5 Å². The van der Waals surface area contributed by atoms with Crippen molar-refractivity contribution in [2.75, 3.05) is 26.7 Å². The quantitative estimate of drug-likeness (QED) is 0.227. The summed E-state index contributed by atoms with van der Waals surface area (Å²) in [6.07, 6.45) is 4.91. The molecule has 3 heterocycles. The molecular formula is C43H53N5O8S. The lowest BCUT2D eigenvalue weighted by Gasteiger charge is -2.36. The number of pyridine rings is 1. The number of hydrogen-bond acceptors (Lipinski definition) is 9. The van der Waals surface area contributed by atoms with E-state index in [4.69, 9.17) is 14.5 Å². The fourth-order valence-corrected chi connectivity index (χ4v) is 9.51. The second kappa shape index (κ2) is 15.8. The van der Waals surface area contributed by atoms with Crippen LogP contribution in [0.25, 0.3) is 22.2 Å².